The third-order valence-electron chi connectivity index (χ3n) is 9.42. The van der Waals surface area contributed by atoms with Gasteiger partial charge in [0.1, 0.15) is 0 Å². The van der Waals surface area contributed by atoms with E-state index in [4.69, 9.17) is 0 Å². The zero-order valence-electron chi connectivity index (χ0n) is 13.2. The first-order valence-electron chi connectivity index (χ1n) is 9.56. The maximum atomic E-state index is 11.6. The molecule has 6 aliphatic rings. The molecule has 2 nitrogen and oxygen atoms in total. The van der Waals surface area contributed by atoms with Crippen molar-refractivity contribution in [2.45, 2.75) is 51.4 Å². The van der Waals surface area contributed by atoms with E-state index in [1.807, 2.05) is 0 Å². The zero-order chi connectivity index (χ0) is 14.7. The summed E-state index contributed by atoms with van der Waals surface area (Å²) < 4.78 is 0. The van der Waals surface area contributed by atoms with E-state index in [1.54, 1.807) is 0 Å². The molecule has 1 N–H and O–H groups in total. The fourth-order valence-electron chi connectivity index (χ4n) is 8.97. The number of hydrogen-bond donors (Lipinski definition) is 1. The highest BCUT2D eigenvalue weighted by Gasteiger charge is 2.73. The van der Waals surface area contributed by atoms with E-state index in [2.05, 4.69) is 12.2 Å². The summed E-state index contributed by atoms with van der Waals surface area (Å²) in [6.45, 7) is 0. The normalized spacial score (nSPS) is 63.0. The Kier molecular flexibility index (Phi) is 2.09. The molecule has 5 saturated carbocycles. The third-order valence-corrected chi connectivity index (χ3v) is 9.42. The zero-order valence-corrected chi connectivity index (χ0v) is 13.2. The summed E-state index contributed by atoms with van der Waals surface area (Å²) in [5.41, 5.74) is 1.10. The predicted octanol–water partition coefficient (Wildman–Crippen LogP) is 4.12. The highest BCUT2D eigenvalue weighted by Crippen LogP contribution is 2.79. The molecule has 0 amide bonds. The van der Waals surface area contributed by atoms with E-state index >= 15 is 0 Å². The van der Waals surface area contributed by atoms with E-state index in [1.165, 1.54) is 44.9 Å². The Morgan fingerprint density at radius 1 is 1.14 bits per heavy atom. The van der Waals surface area contributed by atoms with Gasteiger partial charge in [-0.2, -0.15) is 0 Å². The molecule has 7 atom stereocenters. The van der Waals surface area contributed by atoms with Crippen LogP contribution in [-0.2, 0) is 4.79 Å². The van der Waals surface area contributed by atoms with Gasteiger partial charge in [0.2, 0.25) is 0 Å². The van der Waals surface area contributed by atoms with Crippen LogP contribution in [0.1, 0.15) is 51.4 Å². The van der Waals surface area contributed by atoms with Crippen LogP contribution in [0.4, 0.5) is 0 Å². The van der Waals surface area contributed by atoms with Crippen molar-refractivity contribution in [2.75, 3.05) is 0 Å². The van der Waals surface area contributed by atoms with Gasteiger partial charge >= 0.3 is 5.97 Å². The Bertz CT molecular complexity index is 585. The number of allylic oxidation sites excluding steroid dienone is 2. The van der Waals surface area contributed by atoms with Crippen LogP contribution in [0, 0.1) is 52.3 Å². The van der Waals surface area contributed by atoms with E-state index in [9.17, 15) is 9.90 Å². The van der Waals surface area contributed by atoms with Gasteiger partial charge in [0.15, 0.2) is 0 Å². The van der Waals surface area contributed by atoms with Crippen molar-refractivity contribution >= 4 is 5.97 Å². The molecule has 0 spiro atoms. The summed E-state index contributed by atoms with van der Waals surface area (Å²) >= 11 is 0. The molecule has 22 heavy (non-hydrogen) atoms. The van der Waals surface area contributed by atoms with Crippen molar-refractivity contribution in [2.24, 2.45) is 52.3 Å². The maximum Gasteiger partial charge on any atom is 0.306 e. The summed E-state index contributed by atoms with van der Waals surface area (Å²) in [6.07, 6.45) is 16.2. The van der Waals surface area contributed by atoms with Crippen molar-refractivity contribution in [1.29, 1.82) is 0 Å². The molecule has 0 aromatic heterocycles. The number of fused-ring (bicyclic) bond motifs is 12. The largest absolute Gasteiger partial charge is 0.481 e. The van der Waals surface area contributed by atoms with Gasteiger partial charge in [-0.1, -0.05) is 12.2 Å². The monoisotopic (exact) mass is 298 g/mol. The standard InChI is InChI=1S/C20H26O2/c21-18(22)15-8-13-7-14(15)16-12-3-6-20(10-12,17(13)16)19-4-1-11(9-19)2-5-19/h3,6,11-17H,1-2,4-5,7-10H2,(H,21,22). The van der Waals surface area contributed by atoms with Crippen LogP contribution >= 0.6 is 0 Å². The average Bonchev–Trinajstić information content (AvgIpc) is 3.33. The number of hydrogen-bond acceptors (Lipinski definition) is 1. The number of aliphatic carboxylic acids is 1. The van der Waals surface area contributed by atoms with Gasteiger partial charge in [0, 0.05) is 0 Å². The molecule has 7 unspecified atom stereocenters. The molecule has 0 heterocycles. The molecule has 6 bridgehead atoms. The minimum absolute atomic E-state index is 0.0199. The van der Waals surface area contributed by atoms with Gasteiger partial charge in [-0.25, -0.2) is 0 Å². The molecule has 0 aliphatic heterocycles. The van der Waals surface area contributed by atoms with Crippen molar-refractivity contribution in [3.8, 4) is 0 Å². The van der Waals surface area contributed by atoms with E-state index in [0.717, 1.165) is 36.0 Å². The van der Waals surface area contributed by atoms with Crippen LogP contribution in [0.15, 0.2) is 12.2 Å². The predicted molar refractivity (Wildman–Crippen MR) is 83.0 cm³/mol. The molecule has 2 heteroatoms. The molecular formula is C20H26O2. The first kappa shape index (κ1) is 12.6. The lowest BCUT2D eigenvalue weighted by atomic mass is 9.53. The second-order valence-electron chi connectivity index (χ2n) is 9.64. The van der Waals surface area contributed by atoms with Crippen molar-refractivity contribution in [3.05, 3.63) is 12.2 Å². The van der Waals surface area contributed by atoms with Gasteiger partial charge in [-0.05, 0) is 97.7 Å². The van der Waals surface area contributed by atoms with Gasteiger partial charge in [-0.3, -0.25) is 4.79 Å². The van der Waals surface area contributed by atoms with Crippen LogP contribution in [0.3, 0.4) is 0 Å². The Balaban J connectivity index is 1.44. The van der Waals surface area contributed by atoms with Gasteiger partial charge in [0.25, 0.3) is 0 Å². The average molecular weight is 298 g/mol. The topological polar surface area (TPSA) is 37.3 Å². The first-order valence-corrected chi connectivity index (χ1v) is 9.56. The second kappa shape index (κ2) is 3.65. The Hall–Kier alpha value is -0.790. The van der Waals surface area contributed by atoms with Crippen LogP contribution in [0.25, 0.3) is 0 Å². The Morgan fingerprint density at radius 3 is 2.64 bits per heavy atom. The fourth-order valence-corrected chi connectivity index (χ4v) is 8.97. The molecule has 5 fully saturated rings. The lowest BCUT2D eigenvalue weighted by Crippen LogP contribution is -2.45. The second-order valence-corrected chi connectivity index (χ2v) is 9.64. The summed E-state index contributed by atoms with van der Waals surface area (Å²) in [4.78, 5) is 11.6. The molecule has 0 aromatic rings. The van der Waals surface area contributed by atoms with E-state index < -0.39 is 5.97 Å². The number of carboxylic acids is 1. The molecule has 0 aromatic carbocycles. The fraction of sp³-hybridized carbons (Fsp3) is 0.850. The molecule has 0 saturated heterocycles. The smallest absolute Gasteiger partial charge is 0.306 e. The SMILES string of the molecule is O=C(O)C1CC2CC1C1C3C=CC(C45CCC(CC4)C5)(C3)C21. The van der Waals surface area contributed by atoms with Crippen LogP contribution in [-0.4, -0.2) is 11.1 Å². The summed E-state index contributed by atoms with van der Waals surface area (Å²) in [6, 6.07) is 0. The lowest BCUT2D eigenvalue weighted by Gasteiger charge is -2.51. The number of rotatable bonds is 2. The van der Waals surface area contributed by atoms with Crippen molar-refractivity contribution in [1.82, 2.24) is 0 Å². The summed E-state index contributed by atoms with van der Waals surface area (Å²) in [5.74, 6) is 4.00. The van der Waals surface area contributed by atoms with E-state index in [-0.39, 0.29) is 5.92 Å². The van der Waals surface area contributed by atoms with E-state index in [0.29, 0.717) is 16.7 Å². The molecular weight excluding hydrogens is 272 g/mol. The molecule has 118 valence electrons. The van der Waals surface area contributed by atoms with Gasteiger partial charge in [0.05, 0.1) is 5.92 Å². The minimum Gasteiger partial charge on any atom is -0.481 e. The number of carboxylic acid groups (broad SMARTS) is 1. The molecule has 6 aliphatic carbocycles. The number of carbonyl (C=O) groups is 1. The minimum atomic E-state index is -0.508. The highest BCUT2D eigenvalue weighted by molar-refractivity contribution is 5.71. The lowest BCUT2D eigenvalue weighted by molar-refractivity contribution is -0.145. The summed E-state index contributed by atoms with van der Waals surface area (Å²) in [5, 5.41) is 9.59. The molecule has 0 radical (unpaired) electrons. The van der Waals surface area contributed by atoms with Gasteiger partial charge < -0.3 is 5.11 Å². The maximum absolute atomic E-state index is 11.6. The van der Waals surface area contributed by atoms with Gasteiger partial charge in [-0.15, -0.1) is 0 Å². The van der Waals surface area contributed by atoms with Crippen molar-refractivity contribution < 1.29 is 9.90 Å². The quantitative estimate of drug-likeness (QED) is 0.615. The van der Waals surface area contributed by atoms with Crippen LogP contribution in [0.2, 0.25) is 0 Å². The van der Waals surface area contributed by atoms with Crippen LogP contribution < -0.4 is 0 Å². The summed E-state index contributed by atoms with van der Waals surface area (Å²) in [7, 11) is 0. The van der Waals surface area contributed by atoms with Crippen molar-refractivity contribution in [3.63, 3.8) is 0 Å². The van der Waals surface area contributed by atoms with Crippen LogP contribution in [0.5, 0.6) is 0 Å². The third kappa shape index (κ3) is 1.16. The Morgan fingerprint density at radius 2 is 1.95 bits per heavy atom. The first-order chi connectivity index (χ1) is 10.6. The molecule has 6 rings (SSSR count). The Labute approximate surface area is 132 Å². The highest BCUT2D eigenvalue weighted by atomic mass is 16.4.